The molecular weight excluding hydrogens is 418 g/mol. The second-order valence-corrected chi connectivity index (χ2v) is 9.29. The molecule has 5 nitrogen and oxygen atoms in total. The first-order chi connectivity index (χ1) is 15.7. The number of pyridine rings is 1. The highest BCUT2D eigenvalue weighted by atomic mass is 32.1. The summed E-state index contributed by atoms with van der Waals surface area (Å²) in [5.74, 6) is 0.173. The standard InChI is InChI=1S/C26H25N3O2S/c30-25-23(22-10-6-16-32-22)24(26(31)29(25)18-21-9-4-5-13-27-21)28-14-11-20(12-15-28)17-19-7-2-1-3-8-19/h1-10,13,16,20H,11-12,14-15,17-18H2. The number of piperidine rings is 1. The molecule has 4 heterocycles. The van der Waals surface area contributed by atoms with E-state index >= 15 is 0 Å². The Morgan fingerprint density at radius 1 is 0.906 bits per heavy atom. The molecule has 6 heteroatoms. The van der Waals surface area contributed by atoms with Crippen molar-refractivity contribution in [3.8, 4) is 0 Å². The third-order valence-electron chi connectivity index (χ3n) is 6.26. The van der Waals surface area contributed by atoms with E-state index < -0.39 is 0 Å². The van der Waals surface area contributed by atoms with Crippen molar-refractivity contribution in [3.05, 3.63) is 94.1 Å². The molecular formula is C26H25N3O2S. The zero-order chi connectivity index (χ0) is 21.9. The van der Waals surface area contributed by atoms with Gasteiger partial charge in [0.15, 0.2) is 0 Å². The lowest BCUT2D eigenvalue weighted by Gasteiger charge is -2.34. The number of imide groups is 1. The largest absolute Gasteiger partial charge is 0.366 e. The van der Waals surface area contributed by atoms with Crippen molar-refractivity contribution in [2.75, 3.05) is 13.1 Å². The Morgan fingerprint density at radius 2 is 1.69 bits per heavy atom. The minimum Gasteiger partial charge on any atom is -0.366 e. The van der Waals surface area contributed by atoms with Gasteiger partial charge < -0.3 is 4.90 Å². The number of benzene rings is 1. The van der Waals surface area contributed by atoms with E-state index in [2.05, 4.69) is 34.1 Å². The van der Waals surface area contributed by atoms with Crippen LogP contribution in [0.5, 0.6) is 0 Å². The molecule has 0 radical (unpaired) electrons. The van der Waals surface area contributed by atoms with Crippen molar-refractivity contribution in [3.63, 3.8) is 0 Å². The van der Waals surface area contributed by atoms with Crippen molar-refractivity contribution in [2.45, 2.75) is 25.8 Å². The molecule has 0 saturated carbocycles. The molecule has 162 valence electrons. The molecule has 1 saturated heterocycles. The van der Waals surface area contributed by atoms with Crippen LogP contribution in [0.2, 0.25) is 0 Å². The molecule has 0 spiro atoms. The zero-order valence-corrected chi connectivity index (χ0v) is 18.6. The lowest BCUT2D eigenvalue weighted by molar-refractivity contribution is -0.138. The molecule has 0 unspecified atom stereocenters. The average Bonchev–Trinajstić information content (AvgIpc) is 3.44. The van der Waals surface area contributed by atoms with Crippen LogP contribution >= 0.6 is 11.3 Å². The number of amides is 2. The molecule has 2 amide bonds. The van der Waals surface area contributed by atoms with Crippen LogP contribution < -0.4 is 0 Å². The number of carbonyl (C=O) groups is 2. The summed E-state index contributed by atoms with van der Waals surface area (Å²) in [6, 6.07) is 20.0. The van der Waals surface area contributed by atoms with E-state index in [4.69, 9.17) is 0 Å². The number of rotatable bonds is 6. The average molecular weight is 444 g/mol. The third kappa shape index (κ3) is 4.10. The van der Waals surface area contributed by atoms with Crippen LogP contribution in [0.25, 0.3) is 5.57 Å². The van der Waals surface area contributed by atoms with Crippen molar-refractivity contribution in [1.82, 2.24) is 14.8 Å². The number of hydrogen-bond donors (Lipinski definition) is 0. The first-order valence-electron chi connectivity index (χ1n) is 11.0. The highest BCUT2D eigenvalue weighted by Crippen LogP contribution is 2.36. The fourth-order valence-electron chi connectivity index (χ4n) is 4.60. The van der Waals surface area contributed by atoms with Crippen molar-refractivity contribution >= 4 is 28.7 Å². The van der Waals surface area contributed by atoms with Crippen LogP contribution in [-0.2, 0) is 22.6 Å². The summed E-state index contributed by atoms with van der Waals surface area (Å²) >= 11 is 1.50. The molecule has 0 aliphatic carbocycles. The summed E-state index contributed by atoms with van der Waals surface area (Å²) < 4.78 is 0. The van der Waals surface area contributed by atoms with Gasteiger partial charge in [-0.2, -0.15) is 0 Å². The van der Waals surface area contributed by atoms with E-state index in [-0.39, 0.29) is 18.4 Å². The van der Waals surface area contributed by atoms with Gasteiger partial charge in [-0.25, -0.2) is 0 Å². The number of carbonyl (C=O) groups excluding carboxylic acids is 2. The highest BCUT2D eigenvalue weighted by molar-refractivity contribution is 7.11. The van der Waals surface area contributed by atoms with Crippen LogP contribution in [0.4, 0.5) is 0 Å². The molecule has 5 rings (SSSR count). The lowest BCUT2D eigenvalue weighted by Crippen LogP contribution is -2.39. The fraction of sp³-hybridized carbons (Fsp3) is 0.269. The molecule has 32 heavy (non-hydrogen) atoms. The highest BCUT2D eigenvalue weighted by Gasteiger charge is 2.42. The van der Waals surface area contributed by atoms with E-state index in [0.717, 1.165) is 37.2 Å². The first-order valence-corrected chi connectivity index (χ1v) is 11.9. The summed E-state index contributed by atoms with van der Waals surface area (Å²) in [5, 5.41) is 1.95. The molecule has 2 aliphatic heterocycles. The number of nitrogens with zero attached hydrogens (tertiary/aromatic N) is 3. The molecule has 2 aliphatic rings. The Hall–Kier alpha value is -3.25. The van der Waals surface area contributed by atoms with Gasteiger partial charge in [0.25, 0.3) is 11.8 Å². The molecule has 0 bridgehead atoms. The van der Waals surface area contributed by atoms with Gasteiger partial charge in [-0.15, -0.1) is 11.3 Å². The number of aromatic nitrogens is 1. The third-order valence-corrected chi connectivity index (χ3v) is 7.14. The van der Waals surface area contributed by atoms with Crippen LogP contribution in [0, 0.1) is 5.92 Å². The number of hydrogen-bond acceptors (Lipinski definition) is 5. The summed E-state index contributed by atoms with van der Waals surface area (Å²) in [6.45, 7) is 1.78. The smallest absolute Gasteiger partial charge is 0.278 e. The Bertz CT molecular complexity index is 1120. The molecule has 0 N–H and O–H groups in total. The minimum absolute atomic E-state index is 0.196. The lowest BCUT2D eigenvalue weighted by atomic mass is 9.90. The van der Waals surface area contributed by atoms with Gasteiger partial charge in [0, 0.05) is 24.2 Å². The predicted octanol–water partition coefficient (Wildman–Crippen LogP) is 4.38. The van der Waals surface area contributed by atoms with Crippen molar-refractivity contribution < 1.29 is 9.59 Å². The SMILES string of the molecule is O=C1C(c2cccs2)=C(N2CCC(Cc3ccccc3)CC2)C(=O)N1Cc1ccccn1. The van der Waals surface area contributed by atoms with Gasteiger partial charge in [0.2, 0.25) is 0 Å². The number of likely N-dealkylation sites (tertiary alicyclic amines) is 1. The Kier molecular flexibility index (Phi) is 5.86. The maximum atomic E-state index is 13.5. The van der Waals surface area contributed by atoms with Crippen LogP contribution in [0.1, 0.15) is 29.0 Å². The summed E-state index contributed by atoms with van der Waals surface area (Å²) in [7, 11) is 0. The first kappa shape index (κ1) is 20.6. The van der Waals surface area contributed by atoms with E-state index in [9.17, 15) is 9.59 Å². The van der Waals surface area contributed by atoms with Gasteiger partial charge in [-0.1, -0.05) is 42.5 Å². The molecule has 1 aromatic carbocycles. The zero-order valence-electron chi connectivity index (χ0n) is 17.8. The molecule has 2 aromatic heterocycles. The summed E-state index contributed by atoms with van der Waals surface area (Å²) in [5.41, 5.74) is 3.18. The second kappa shape index (κ2) is 9.09. The topological polar surface area (TPSA) is 53.5 Å². The second-order valence-electron chi connectivity index (χ2n) is 8.34. The maximum absolute atomic E-state index is 13.5. The van der Waals surface area contributed by atoms with Gasteiger partial charge in [0.1, 0.15) is 5.70 Å². The fourth-order valence-corrected chi connectivity index (χ4v) is 5.37. The van der Waals surface area contributed by atoms with Gasteiger partial charge >= 0.3 is 0 Å². The van der Waals surface area contributed by atoms with Gasteiger partial charge in [-0.05, 0) is 54.3 Å². The molecule has 3 aromatic rings. The van der Waals surface area contributed by atoms with Crippen LogP contribution in [-0.4, -0.2) is 39.7 Å². The summed E-state index contributed by atoms with van der Waals surface area (Å²) in [6.07, 6.45) is 4.77. The molecule has 1 fully saturated rings. The van der Waals surface area contributed by atoms with E-state index in [0.29, 0.717) is 22.9 Å². The quantitative estimate of drug-likeness (QED) is 0.531. The Morgan fingerprint density at radius 3 is 2.38 bits per heavy atom. The van der Waals surface area contributed by atoms with Crippen LogP contribution in [0.15, 0.2) is 77.9 Å². The van der Waals surface area contributed by atoms with Crippen molar-refractivity contribution in [2.24, 2.45) is 5.92 Å². The van der Waals surface area contributed by atoms with E-state index in [1.165, 1.54) is 21.8 Å². The van der Waals surface area contributed by atoms with Gasteiger partial charge in [0.05, 0.1) is 17.8 Å². The van der Waals surface area contributed by atoms with Crippen molar-refractivity contribution in [1.29, 1.82) is 0 Å². The summed E-state index contributed by atoms with van der Waals surface area (Å²) in [4.78, 5) is 35.5. The van der Waals surface area contributed by atoms with E-state index in [1.807, 2.05) is 41.8 Å². The molecule has 0 atom stereocenters. The number of thiophene rings is 1. The predicted molar refractivity (Wildman–Crippen MR) is 125 cm³/mol. The Labute approximate surface area is 192 Å². The van der Waals surface area contributed by atoms with E-state index in [1.54, 1.807) is 6.20 Å². The minimum atomic E-state index is -0.218. The van der Waals surface area contributed by atoms with Crippen LogP contribution in [0.3, 0.4) is 0 Å². The Balaban J connectivity index is 1.37. The van der Waals surface area contributed by atoms with Gasteiger partial charge in [-0.3, -0.25) is 19.5 Å². The monoisotopic (exact) mass is 443 g/mol. The maximum Gasteiger partial charge on any atom is 0.278 e. The normalized spacial score (nSPS) is 17.5.